The van der Waals surface area contributed by atoms with E-state index in [9.17, 15) is 13.2 Å². The second-order valence-electron chi connectivity index (χ2n) is 6.26. The predicted molar refractivity (Wildman–Crippen MR) is 92.5 cm³/mol. The van der Waals surface area contributed by atoms with Crippen LogP contribution in [0.1, 0.15) is 30.4 Å². The molecule has 0 amide bonds. The number of methoxy groups -OCH3 is 1. The van der Waals surface area contributed by atoms with Crippen molar-refractivity contribution in [2.45, 2.75) is 44.0 Å². The molecule has 1 aliphatic heterocycles. The summed E-state index contributed by atoms with van der Waals surface area (Å²) in [6.07, 6.45) is 2.34. The number of rotatable bonds is 7. The van der Waals surface area contributed by atoms with Gasteiger partial charge < -0.3 is 14.6 Å². The van der Waals surface area contributed by atoms with Crippen molar-refractivity contribution in [1.29, 1.82) is 0 Å². The molecular weight excluding hydrogens is 346 g/mol. The highest BCUT2D eigenvalue weighted by Gasteiger charge is 2.35. The quantitative estimate of drug-likeness (QED) is 0.787. The Hall–Kier alpha value is -1.64. The fraction of sp³-hybridized carbons (Fsp3) is 0.588. The largest absolute Gasteiger partial charge is 0.497 e. The van der Waals surface area contributed by atoms with Gasteiger partial charge in [0.05, 0.1) is 18.6 Å². The second-order valence-corrected chi connectivity index (χ2v) is 8.09. The van der Waals surface area contributed by atoms with Gasteiger partial charge in [-0.2, -0.15) is 4.31 Å². The zero-order valence-electron chi connectivity index (χ0n) is 14.8. The number of aryl methyl sites for hydroxylation is 2. The van der Waals surface area contributed by atoms with Crippen molar-refractivity contribution >= 4 is 16.0 Å². The monoisotopic (exact) mass is 371 g/mol. The molecule has 8 heteroatoms. The lowest BCUT2D eigenvalue weighted by Crippen LogP contribution is -2.46. The summed E-state index contributed by atoms with van der Waals surface area (Å²) < 4.78 is 38.3. The van der Waals surface area contributed by atoms with E-state index < -0.39 is 22.6 Å². The van der Waals surface area contributed by atoms with Gasteiger partial charge in [0.1, 0.15) is 12.4 Å². The normalized spacial score (nSPS) is 18.9. The molecule has 0 radical (unpaired) electrons. The number of benzene rings is 1. The van der Waals surface area contributed by atoms with Gasteiger partial charge in [-0.05, 0) is 49.9 Å². The third-order valence-electron chi connectivity index (χ3n) is 4.35. The highest BCUT2D eigenvalue weighted by Crippen LogP contribution is 2.31. The number of nitrogens with zero attached hydrogens (tertiary/aromatic N) is 1. The van der Waals surface area contributed by atoms with Crippen LogP contribution in [0.3, 0.4) is 0 Å². The van der Waals surface area contributed by atoms with E-state index in [1.807, 2.05) is 0 Å². The molecule has 0 bridgehead atoms. The molecular formula is C17H25NO6S. The van der Waals surface area contributed by atoms with Gasteiger partial charge in [0.25, 0.3) is 0 Å². The number of sulfonamides is 1. The standard InChI is InChI=1S/C17H25NO6S/c1-12-8-15(23-3)9-13(2)17(12)25(21,22)18-7-5-4-6-14(18)10-24-11-16(19)20/h8-9,14H,4-7,10-11H2,1-3H3,(H,19,20)/t14-/m1/s1. The molecule has 1 aromatic rings. The molecule has 1 aliphatic rings. The van der Waals surface area contributed by atoms with Gasteiger partial charge in [0.2, 0.25) is 10.0 Å². The van der Waals surface area contributed by atoms with Crippen LogP contribution in [0.25, 0.3) is 0 Å². The van der Waals surface area contributed by atoms with Crippen molar-refractivity contribution in [1.82, 2.24) is 4.31 Å². The van der Waals surface area contributed by atoms with E-state index in [0.717, 1.165) is 12.8 Å². The summed E-state index contributed by atoms with van der Waals surface area (Å²) in [5.74, 6) is -0.444. The zero-order valence-corrected chi connectivity index (χ0v) is 15.6. The second kappa shape index (κ2) is 8.16. The average molecular weight is 371 g/mol. The van der Waals surface area contributed by atoms with E-state index in [2.05, 4.69) is 0 Å². The van der Waals surface area contributed by atoms with Crippen LogP contribution < -0.4 is 4.74 Å². The Morgan fingerprint density at radius 3 is 2.48 bits per heavy atom. The summed E-state index contributed by atoms with van der Waals surface area (Å²) in [4.78, 5) is 10.9. The van der Waals surface area contributed by atoms with Crippen LogP contribution in [-0.2, 0) is 19.6 Å². The van der Waals surface area contributed by atoms with Crippen molar-refractivity contribution in [3.05, 3.63) is 23.3 Å². The van der Waals surface area contributed by atoms with Crippen molar-refractivity contribution in [2.75, 3.05) is 26.9 Å². The summed E-state index contributed by atoms with van der Waals surface area (Å²) in [6.45, 7) is 3.57. The van der Waals surface area contributed by atoms with Crippen molar-refractivity contribution < 1.29 is 27.8 Å². The summed E-state index contributed by atoms with van der Waals surface area (Å²) in [7, 11) is -2.15. The van der Waals surface area contributed by atoms with E-state index >= 15 is 0 Å². The Balaban J connectivity index is 2.31. The maximum absolute atomic E-state index is 13.2. The summed E-state index contributed by atoms with van der Waals surface area (Å²) in [5.41, 5.74) is 1.26. The minimum absolute atomic E-state index is 0.0831. The fourth-order valence-electron chi connectivity index (χ4n) is 3.29. The van der Waals surface area contributed by atoms with E-state index in [-0.39, 0.29) is 12.6 Å². The number of hydrogen-bond acceptors (Lipinski definition) is 5. The van der Waals surface area contributed by atoms with Crippen LogP contribution in [0.2, 0.25) is 0 Å². The summed E-state index contributed by atoms with van der Waals surface area (Å²) >= 11 is 0. The number of carbonyl (C=O) groups is 1. The lowest BCUT2D eigenvalue weighted by molar-refractivity contribution is -0.142. The average Bonchev–Trinajstić information content (AvgIpc) is 2.53. The molecule has 2 rings (SSSR count). The van der Waals surface area contributed by atoms with Gasteiger partial charge >= 0.3 is 5.97 Å². The number of hydrogen-bond donors (Lipinski definition) is 1. The molecule has 0 aromatic heterocycles. The first-order chi connectivity index (χ1) is 11.8. The van der Waals surface area contributed by atoms with Gasteiger partial charge in [0.15, 0.2) is 0 Å². The molecule has 25 heavy (non-hydrogen) atoms. The molecule has 1 N–H and O–H groups in total. The molecule has 1 heterocycles. The molecule has 140 valence electrons. The van der Waals surface area contributed by atoms with Crippen LogP contribution in [0.15, 0.2) is 17.0 Å². The van der Waals surface area contributed by atoms with E-state index in [1.165, 1.54) is 4.31 Å². The van der Waals surface area contributed by atoms with E-state index in [4.69, 9.17) is 14.6 Å². The Labute approximate surface area is 148 Å². The maximum atomic E-state index is 13.2. The smallest absolute Gasteiger partial charge is 0.329 e. The molecule has 7 nitrogen and oxygen atoms in total. The third kappa shape index (κ3) is 4.50. The molecule has 1 aromatic carbocycles. The predicted octanol–water partition coefficient (Wildman–Crippen LogP) is 1.96. The topological polar surface area (TPSA) is 93.1 Å². The van der Waals surface area contributed by atoms with Crippen LogP contribution in [0.5, 0.6) is 5.75 Å². The van der Waals surface area contributed by atoms with Crippen LogP contribution in [0, 0.1) is 13.8 Å². The maximum Gasteiger partial charge on any atom is 0.329 e. The van der Waals surface area contributed by atoms with E-state index in [0.29, 0.717) is 34.7 Å². The number of carboxylic acids is 1. The lowest BCUT2D eigenvalue weighted by Gasteiger charge is -2.35. The molecule has 0 saturated carbocycles. The lowest BCUT2D eigenvalue weighted by atomic mass is 10.1. The number of carboxylic acid groups (broad SMARTS) is 1. The summed E-state index contributed by atoms with van der Waals surface area (Å²) in [5, 5.41) is 8.70. The van der Waals surface area contributed by atoms with Crippen molar-refractivity contribution in [3.63, 3.8) is 0 Å². The first kappa shape index (κ1) is 19.7. The molecule has 1 saturated heterocycles. The third-order valence-corrected chi connectivity index (χ3v) is 6.60. The number of ether oxygens (including phenoxy) is 2. The molecule has 0 spiro atoms. The van der Waals surface area contributed by atoms with E-state index in [1.54, 1.807) is 33.1 Å². The van der Waals surface area contributed by atoms with Crippen molar-refractivity contribution in [3.8, 4) is 5.75 Å². The van der Waals surface area contributed by atoms with Crippen molar-refractivity contribution in [2.24, 2.45) is 0 Å². The van der Waals surface area contributed by atoms with Gasteiger partial charge in [-0.3, -0.25) is 0 Å². The fourth-order valence-corrected chi connectivity index (χ4v) is 5.39. The highest BCUT2D eigenvalue weighted by atomic mass is 32.2. The first-order valence-electron chi connectivity index (χ1n) is 8.24. The first-order valence-corrected chi connectivity index (χ1v) is 9.68. The minimum Gasteiger partial charge on any atom is -0.497 e. The zero-order chi connectivity index (χ0) is 18.6. The Morgan fingerprint density at radius 2 is 1.92 bits per heavy atom. The Kier molecular flexibility index (Phi) is 6.42. The highest BCUT2D eigenvalue weighted by molar-refractivity contribution is 7.89. The Morgan fingerprint density at radius 1 is 1.28 bits per heavy atom. The van der Waals surface area contributed by atoms with Gasteiger partial charge in [-0.25, -0.2) is 13.2 Å². The minimum atomic E-state index is -3.70. The van der Waals surface area contributed by atoms with Crippen LogP contribution in [0.4, 0.5) is 0 Å². The Bertz CT molecular complexity index is 708. The molecule has 0 unspecified atom stereocenters. The van der Waals surface area contributed by atoms with Gasteiger partial charge in [-0.1, -0.05) is 6.42 Å². The molecule has 1 fully saturated rings. The van der Waals surface area contributed by atoms with Gasteiger partial charge in [0, 0.05) is 12.6 Å². The number of piperidine rings is 1. The number of aliphatic carboxylic acids is 1. The SMILES string of the molecule is COc1cc(C)c(S(=O)(=O)N2CCCC[C@@H]2COCC(=O)O)c(C)c1. The molecule has 1 atom stereocenters. The molecule has 0 aliphatic carbocycles. The van der Waals surface area contributed by atoms with Crippen LogP contribution in [-0.4, -0.2) is 56.7 Å². The summed E-state index contributed by atoms with van der Waals surface area (Å²) in [6, 6.07) is 3.07. The van der Waals surface area contributed by atoms with Gasteiger partial charge in [-0.15, -0.1) is 0 Å². The van der Waals surface area contributed by atoms with Crippen LogP contribution >= 0.6 is 0 Å².